The summed E-state index contributed by atoms with van der Waals surface area (Å²) < 4.78 is 0. The van der Waals surface area contributed by atoms with E-state index in [9.17, 15) is 5.11 Å². The van der Waals surface area contributed by atoms with Crippen molar-refractivity contribution < 1.29 is 5.11 Å². The highest BCUT2D eigenvalue weighted by molar-refractivity contribution is 6.42. The van der Waals surface area contributed by atoms with Gasteiger partial charge >= 0.3 is 0 Å². The largest absolute Gasteiger partial charge is 0.383 e. The number of rotatable bonds is 3. The van der Waals surface area contributed by atoms with E-state index < -0.39 is 5.60 Å². The number of pyridine rings is 1. The third-order valence-electron chi connectivity index (χ3n) is 5.87. The molecule has 1 aromatic heterocycles. The van der Waals surface area contributed by atoms with Crippen LogP contribution >= 0.6 is 23.2 Å². The summed E-state index contributed by atoms with van der Waals surface area (Å²) in [5, 5.41) is 12.7. The fourth-order valence-electron chi connectivity index (χ4n) is 4.66. The number of fused-ring (bicyclic) bond motifs is 1. The van der Waals surface area contributed by atoms with Crippen molar-refractivity contribution >= 4 is 23.2 Å². The molecule has 0 amide bonds. The van der Waals surface area contributed by atoms with Crippen molar-refractivity contribution in [2.45, 2.75) is 31.9 Å². The zero-order valence-corrected chi connectivity index (χ0v) is 15.8. The fraction of sp³-hybridized carbons (Fsp3) is 0.450. The summed E-state index contributed by atoms with van der Waals surface area (Å²) in [6.45, 7) is 4.65. The van der Waals surface area contributed by atoms with Crippen molar-refractivity contribution in [3.05, 3.63) is 63.4 Å². The molecule has 25 heavy (non-hydrogen) atoms. The van der Waals surface area contributed by atoms with E-state index in [4.69, 9.17) is 23.2 Å². The minimum absolute atomic E-state index is 0.221. The molecule has 1 aliphatic carbocycles. The quantitative estimate of drug-likeness (QED) is 0.860. The molecule has 2 aromatic rings. The topological polar surface area (TPSA) is 36.4 Å². The summed E-state index contributed by atoms with van der Waals surface area (Å²) in [4.78, 5) is 6.90. The highest BCUT2D eigenvalue weighted by Crippen LogP contribution is 2.50. The maximum atomic E-state index is 11.5. The molecule has 3 nitrogen and oxygen atoms in total. The minimum atomic E-state index is -0.817. The number of aromatic nitrogens is 1. The van der Waals surface area contributed by atoms with Gasteiger partial charge in [0, 0.05) is 31.7 Å². The van der Waals surface area contributed by atoms with Crippen LogP contribution in [0.5, 0.6) is 0 Å². The van der Waals surface area contributed by atoms with Crippen LogP contribution < -0.4 is 0 Å². The summed E-state index contributed by atoms with van der Waals surface area (Å²) >= 11 is 12.5. The lowest BCUT2D eigenvalue weighted by atomic mass is 9.83. The smallest absolute Gasteiger partial charge is 0.111 e. The van der Waals surface area contributed by atoms with Crippen LogP contribution in [0.3, 0.4) is 0 Å². The number of likely N-dealkylation sites (tertiary alicyclic amines) is 1. The number of halogens is 2. The zero-order chi connectivity index (χ0) is 17.6. The first-order chi connectivity index (χ1) is 12.0. The van der Waals surface area contributed by atoms with E-state index in [-0.39, 0.29) is 5.92 Å². The molecule has 0 radical (unpaired) electrons. The first kappa shape index (κ1) is 17.3. The van der Waals surface area contributed by atoms with Crippen molar-refractivity contribution in [2.24, 2.45) is 11.8 Å². The lowest BCUT2D eigenvalue weighted by Gasteiger charge is -2.31. The predicted molar refractivity (Wildman–Crippen MR) is 101 cm³/mol. The van der Waals surface area contributed by atoms with Crippen LogP contribution in [0.1, 0.15) is 29.7 Å². The number of nitrogens with zero attached hydrogens (tertiary/aromatic N) is 2. The second-order valence-electron chi connectivity index (χ2n) is 7.41. The van der Waals surface area contributed by atoms with Gasteiger partial charge < -0.3 is 5.11 Å². The average molecular weight is 377 g/mol. The highest BCUT2D eigenvalue weighted by atomic mass is 35.5. The summed E-state index contributed by atoms with van der Waals surface area (Å²) in [6, 6.07) is 9.74. The van der Waals surface area contributed by atoms with Gasteiger partial charge in [0.05, 0.1) is 15.7 Å². The number of benzene rings is 1. The van der Waals surface area contributed by atoms with Gasteiger partial charge in [0.15, 0.2) is 0 Å². The van der Waals surface area contributed by atoms with E-state index in [0.717, 1.165) is 49.3 Å². The normalized spacial score (nSPS) is 29.1. The molecule has 1 aliphatic heterocycles. The average Bonchev–Trinajstić information content (AvgIpc) is 3.13. The van der Waals surface area contributed by atoms with E-state index in [1.165, 1.54) is 0 Å². The maximum Gasteiger partial charge on any atom is 0.111 e. The van der Waals surface area contributed by atoms with Crippen LogP contribution in [-0.2, 0) is 12.1 Å². The number of hydrogen-bond acceptors (Lipinski definition) is 3. The van der Waals surface area contributed by atoms with E-state index in [2.05, 4.69) is 9.88 Å². The Hall–Kier alpha value is -1.13. The highest BCUT2D eigenvalue weighted by Gasteiger charge is 2.53. The molecule has 4 rings (SSSR count). The SMILES string of the molecule is Cc1cccnc1[C@]1(O)CC[C@H]2CN(Cc3cccc(Cl)c3Cl)C[C@H]21. The number of aryl methyl sites for hydroxylation is 1. The van der Waals surface area contributed by atoms with Crippen molar-refractivity contribution in [3.63, 3.8) is 0 Å². The van der Waals surface area contributed by atoms with Gasteiger partial charge in [0.1, 0.15) is 5.60 Å². The Kier molecular flexibility index (Phi) is 4.53. The van der Waals surface area contributed by atoms with Crippen molar-refractivity contribution in [1.82, 2.24) is 9.88 Å². The molecule has 5 heteroatoms. The Balaban J connectivity index is 1.55. The molecule has 132 valence electrons. The molecule has 1 saturated heterocycles. The molecule has 0 spiro atoms. The standard InChI is InChI=1S/C20H22Cl2N2O/c1-13-4-3-9-23-19(13)20(25)8-7-14-10-24(12-16(14)20)11-15-5-2-6-17(21)18(15)22/h2-6,9,14,16,25H,7-8,10-12H2,1H3/t14-,16+,20-/m0/s1. The third kappa shape index (κ3) is 2.97. The Morgan fingerprint density at radius 1 is 1.24 bits per heavy atom. The van der Waals surface area contributed by atoms with Gasteiger partial charge in [0.25, 0.3) is 0 Å². The summed E-state index contributed by atoms with van der Waals surface area (Å²) in [5.74, 6) is 0.725. The number of aliphatic hydroxyl groups is 1. The van der Waals surface area contributed by atoms with Crippen LogP contribution in [0.4, 0.5) is 0 Å². The van der Waals surface area contributed by atoms with Gasteiger partial charge in [-0.2, -0.15) is 0 Å². The molecule has 1 aromatic carbocycles. The van der Waals surface area contributed by atoms with Crippen molar-refractivity contribution in [2.75, 3.05) is 13.1 Å². The monoisotopic (exact) mass is 376 g/mol. The third-order valence-corrected chi connectivity index (χ3v) is 6.73. The Bertz CT molecular complexity index is 797. The van der Waals surface area contributed by atoms with Crippen LogP contribution in [0.2, 0.25) is 10.0 Å². The van der Waals surface area contributed by atoms with Crippen LogP contribution in [-0.4, -0.2) is 28.1 Å². The summed E-state index contributed by atoms with van der Waals surface area (Å²) in [5.41, 5.74) is 2.15. The van der Waals surface area contributed by atoms with E-state index in [1.54, 1.807) is 6.20 Å². The van der Waals surface area contributed by atoms with Crippen LogP contribution in [0.15, 0.2) is 36.5 Å². The predicted octanol–water partition coefficient (Wildman–Crippen LogP) is 4.43. The Labute approximate surface area is 158 Å². The first-order valence-corrected chi connectivity index (χ1v) is 9.54. The van der Waals surface area contributed by atoms with Gasteiger partial charge in [-0.1, -0.05) is 41.4 Å². The van der Waals surface area contributed by atoms with Crippen LogP contribution in [0.25, 0.3) is 0 Å². The molecule has 1 N–H and O–H groups in total. The molecule has 2 fully saturated rings. The molecule has 1 saturated carbocycles. The molecule has 0 unspecified atom stereocenters. The lowest BCUT2D eigenvalue weighted by Crippen LogP contribution is -2.36. The van der Waals surface area contributed by atoms with Gasteiger partial charge in [-0.15, -0.1) is 0 Å². The zero-order valence-electron chi connectivity index (χ0n) is 14.3. The van der Waals surface area contributed by atoms with Gasteiger partial charge in [-0.05, 0) is 48.9 Å². The molecular weight excluding hydrogens is 355 g/mol. The van der Waals surface area contributed by atoms with E-state index >= 15 is 0 Å². The molecule has 3 atom stereocenters. The fourth-order valence-corrected chi connectivity index (χ4v) is 5.04. The van der Waals surface area contributed by atoms with Crippen molar-refractivity contribution in [1.29, 1.82) is 0 Å². The summed E-state index contributed by atoms with van der Waals surface area (Å²) in [6.07, 6.45) is 3.62. The van der Waals surface area contributed by atoms with E-state index in [0.29, 0.717) is 16.0 Å². The van der Waals surface area contributed by atoms with E-state index in [1.807, 2.05) is 37.3 Å². The first-order valence-electron chi connectivity index (χ1n) is 8.79. The second-order valence-corrected chi connectivity index (χ2v) is 8.19. The van der Waals surface area contributed by atoms with Crippen LogP contribution in [0, 0.1) is 18.8 Å². The summed E-state index contributed by atoms with van der Waals surface area (Å²) in [7, 11) is 0. The van der Waals surface area contributed by atoms with Gasteiger partial charge in [-0.3, -0.25) is 9.88 Å². The second kappa shape index (κ2) is 6.55. The molecular formula is C20H22Cl2N2O. The number of hydrogen-bond donors (Lipinski definition) is 1. The van der Waals surface area contributed by atoms with Crippen molar-refractivity contribution in [3.8, 4) is 0 Å². The molecule has 2 heterocycles. The minimum Gasteiger partial charge on any atom is -0.383 e. The Morgan fingerprint density at radius 2 is 2.08 bits per heavy atom. The maximum absolute atomic E-state index is 11.5. The lowest BCUT2D eigenvalue weighted by molar-refractivity contribution is -0.0114. The Morgan fingerprint density at radius 3 is 2.88 bits per heavy atom. The van der Waals surface area contributed by atoms with Gasteiger partial charge in [0.2, 0.25) is 0 Å². The molecule has 0 bridgehead atoms. The molecule has 2 aliphatic rings. The van der Waals surface area contributed by atoms with Gasteiger partial charge in [-0.25, -0.2) is 0 Å².